The van der Waals surface area contributed by atoms with E-state index < -0.39 is 288 Å². The number of aliphatic hydroxyl groups excluding tert-OH is 20. The fourth-order valence-corrected chi connectivity index (χ4v) is 11.4. The molecule has 0 unspecified atom stereocenters. The average Bonchev–Trinajstić information content (AvgIpc) is 0.761. The molecule has 0 aliphatic carbocycles. The number of carbonyl (C=O) groups excluding carboxylic acids is 2. The summed E-state index contributed by atoms with van der Waals surface area (Å²) >= 11 is 0. The Kier molecular flexibility index (Phi) is 28.0. The van der Waals surface area contributed by atoms with Crippen molar-refractivity contribution in [1.29, 1.82) is 0 Å². The van der Waals surface area contributed by atoms with Gasteiger partial charge < -0.3 is 175 Å². The first-order chi connectivity index (χ1) is 43.0. The van der Waals surface area contributed by atoms with Crippen molar-refractivity contribution in [1.82, 2.24) is 10.6 Å². The minimum Gasteiger partial charge on any atom is -0.477 e. The summed E-state index contributed by atoms with van der Waals surface area (Å²) in [5.74, 6) is -7.41. The summed E-state index contributed by atoms with van der Waals surface area (Å²) in [7, 11) is -5.44. The molecule has 0 aromatic carbocycles. The lowest BCUT2D eigenvalue weighted by molar-refractivity contribution is -0.398. The van der Waals surface area contributed by atoms with Gasteiger partial charge in [-0.25, -0.2) is 8.98 Å². The smallest absolute Gasteiger partial charge is 0.397 e. The van der Waals surface area contributed by atoms with Crippen LogP contribution in [-0.4, -0.2) is 392 Å². The molecule has 6 fully saturated rings. The van der Waals surface area contributed by atoms with Gasteiger partial charge in [0.05, 0.1) is 64.0 Å². The van der Waals surface area contributed by atoms with Crippen LogP contribution in [0.1, 0.15) is 34.1 Å². The van der Waals surface area contributed by atoms with Crippen LogP contribution >= 0.6 is 0 Å². The van der Waals surface area contributed by atoms with Gasteiger partial charge in [-0.2, -0.15) is 8.42 Å². The highest BCUT2D eigenvalue weighted by Crippen LogP contribution is 2.41. The molecule has 35 atom stereocenters. The zero-order chi connectivity index (χ0) is 68.9. The van der Waals surface area contributed by atoms with Gasteiger partial charge in [-0.3, -0.25) is 14.1 Å². The zero-order valence-corrected chi connectivity index (χ0v) is 50.0. The fraction of sp³-hybridized carbons (Fsp3) is 0.939. The van der Waals surface area contributed by atoms with Crippen LogP contribution in [0.25, 0.3) is 0 Å². The van der Waals surface area contributed by atoms with Crippen molar-refractivity contribution >= 4 is 28.2 Å². The predicted molar refractivity (Wildman–Crippen MR) is 282 cm³/mol. The molecule has 536 valence electrons. The van der Waals surface area contributed by atoms with Crippen LogP contribution < -0.4 is 10.6 Å². The summed E-state index contributed by atoms with van der Waals surface area (Å²) < 4.78 is 107. The number of hydrogen-bond donors (Lipinski definition) is 24. The molecule has 0 radical (unpaired) electrons. The Morgan fingerprint density at radius 2 is 0.957 bits per heavy atom. The van der Waals surface area contributed by atoms with E-state index in [-0.39, 0.29) is 0 Å². The highest BCUT2D eigenvalue weighted by atomic mass is 32.3. The minimum atomic E-state index is -5.44. The van der Waals surface area contributed by atoms with E-state index in [4.69, 9.17) is 56.8 Å². The third kappa shape index (κ3) is 17.8. The fourth-order valence-electron chi connectivity index (χ4n) is 11.1. The molecular weight excluding hydrogens is 1290 g/mol. The van der Waals surface area contributed by atoms with Gasteiger partial charge >= 0.3 is 16.4 Å². The van der Waals surface area contributed by atoms with Gasteiger partial charge in [-0.15, -0.1) is 0 Å². The first kappa shape index (κ1) is 78.0. The maximum Gasteiger partial charge on any atom is 0.397 e. The molecule has 24 N–H and O–H groups in total. The number of amides is 2. The van der Waals surface area contributed by atoms with E-state index in [0.717, 1.165) is 13.8 Å². The average molecular weight is 1370 g/mol. The molecule has 6 saturated heterocycles. The Morgan fingerprint density at radius 3 is 1.47 bits per heavy atom. The molecule has 6 aliphatic rings. The summed E-state index contributed by atoms with van der Waals surface area (Å²) in [6.45, 7) is -3.65. The number of hydrogen-bond acceptors (Lipinski definition) is 38. The van der Waals surface area contributed by atoms with Crippen LogP contribution in [0.3, 0.4) is 0 Å². The van der Waals surface area contributed by atoms with Crippen LogP contribution in [0, 0.1) is 0 Å². The molecule has 6 heterocycles. The quantitative estimate of drug-likeness (QED) is 0.0324. The van der Waals surface area contributed by atoms with Crippen LogP contribution in [0.15, 0.2) is 0 Å². The van der Waals surface area contributed by atoms with Gasteiger partial charge in [0.1, 0.15) is 153 Å². The van der Waals surface area contributed by atoms with Crippen LogP contribution in [0.2, 0.25) is 0 Å². The molecule has 43 heteroatoms. The van der Waals surface area contributed by atoms with Crippen molar-refractivity contribution in [2.24, 2.45) is 0 Å². The van der Waals surface area contributed by atoms with Crippen molar-refractivity contribution in [2.45, 2.75) is 248 Å². The lowest BCUT2D eigenvalue weighted by atomic mass is 9.88. The topological polar surface area (TPSA) is 674 Å². The maximum absolute atomic E-state index is 13.3. The number of carboxylic acids is 1. The molecular formula is C49H84N2O40S. The molecule has 92 heavy (non-hydrogen) atoms. The minimum absolute atomic E-state index is 0.871. The molecule has 0 aromatic rings. The molecule has 0 bridgehead atoms. The molecule has 0 saturated carbocycles. The maximum atomic E-state index is 13.3. The SMILES string of the molecule is CC(=O)N[C@H]1[C@H](O[C@H]2[C@@H](O)[C@@H](CO)O[C@@H](O[C@@H]([C@H](O[C@@H]3O[C@@H](C)[C@@H](O)[C@@H](O)[C@@H]3O)[C@@H](O)CO)[C@H](O)COS(=O)(=O)O)[C@@H]2O)O[C@H](CO)[C@@H](O[C@@H]2O[C@H](CO)[C@H](O)[C@H](O[C@]3(C(=O)O)C[C@H](O)[C@@H](NC(C)=O)[C@H]([C@H](O)[C@H](O)CO)O3)[C@H]2O)[C@@H]1O[C@@H]1O[C@@H](C)[C@@H](O)[C@@H](O)[C@@H]1O. The second-order valence-corrected chi connectivity index (χ2v) is 23.8. The van der Waals surface area contributed by atoms with E-state index in [1.54, 1.807) is 0 Å². The Bertz CT molecular complexity index is 2470. The van der Waals surface area contributed by atoms with E-state index in [2.05, 4.69) is 14.8 Å². The lowest BCUT2D eigenvalue weighted by Gasteiger charge is -2.52. The molecule has 2 amide bonds. The lowest BCUT2D eigenvalue weighted by Crippen LogP contribution is -2.72. The molecule has 6 rings (SSSR count). The first-order valence-corrected chi connectivity index (χ1v) is 29.9. The van der Waals surface area contributed by atoms with Crippen LogP contribution in [0.5, 0.6) is 0 Å². The van der Waals surface area contributed by atoms with Crippen molar-refractivity contribution in [3.63, 3.8) is 0 Å². The highest BCUT2D eigenvalue weighted by molar-refractivity contribution is 7.80. The monoisotopic (exact) mass is 1370 g/mol. The zero-order valence-electron chi connectivity index (χ0n) is 49.2. The third-order valence-corrected chi connectivity index (χ3v) is 16.5. The number of nitrogens with one attached hydrogen (secondary N) is 2. The van der Waals surface area contributed by atoms with E-state index in [1.807, 2.05) is 0 Å². The van der Waals surface area contributed by atoms with Crippen molar-refractivity contribution in [3.05, 3.63) is 0 Å². The Morgan fingerprint density at radius 1 is 0.522 bits per heavy atom. The number of rotatable bonds is 28. The van der Waals surface area contributed by atoms with Gasteiger partial charge in [-0.05, 0) is 13.8 Å². The Hall–Kier alpha value is -3.00. The summed E-state index contributed by atoms with van der Waals surface area (Å²) in [5, 5.41) is 234. The predicted octanol–water partition coefficient (Wildman–Crippen LogP) is -15.3. The number of aliphatic carboxylic acids is 1. The highest BCUT2D eigenvalue weighted by Gasteiger charge is 2.62. The van der Waals surface area contributed by atoms with Gasteiger partial charge in [0.15, 0.2) is 31.5 Å². The third-order valence-electron chi connectivity index (χ3n) is 16.1. The number of carbonyl (C=O) groups is 3. The largest absolute Gasteiger partial charge is 0.477 e. The van der Waals surface area contributed by atoms with Crippen molar-refractivity contribution < 1.29 is 196 Å². The van der Waals surface area contributed by atoms with Gasteiger partial charge in [0, 0.05) is 20.3 Å². The van der Waals surface area contributed by atoms with E-state index in [9.17, 15) is 135 Å². The van der Waals surface area contributed by atoms with Crippen molar-refractivity contribution in [2.75, 3.05) is 39.6 Å². The van der Waals surface area contributed by atoms with Gasteiger partial charge in [-0.1, -0.05) is 0 Å². The summed E-state index contributed by atoms with van der Waals surface area (Å²) in [5.41, 5.74) is 0. The van der Waals surface area contributed by atoms with Gasteiger partial charge in [0.2, 0.25) is 11.8 Å². The van der Waals surface area contributed by atoms with Crippen LogP contribution in [-0.2, 0) is 85.8 Å². The van der Waals surface area contributed by atoms with Gasteiger partial charge in [0.25, 0.3) is 5.79 Å². The molecule has 0 aromatic heterocycles. The van der Waals surface area contributed by atoms with E-state index in [0.29, 0.717) is 0 Å². The summed E-state index contributed by atoms with van der Waals surface area (Å²) in [6, 6.07) is -3.85. The van der Waals surface area contributed by atoms with Crippen molar-refractivity contribution in [3.8, 4) is 0 Å². The summed E-state index contributed by atoms with van der Waals surface area (Å²) in [6.07, 6.45) is -71.1. The van der Waals surface area contributed by atoms with Crippen LogP contribution in [0.4, 0.5) is 0 Å². The van der Waals surface area contributed by atoms with E-state index >= 15 is 0 Å². The summed E-state index contributed by atoms with van der Waals surface area (Å²) in [4.78, 5) is 38.8. The molecule has 42 nitrogen and oxygen atoms in total. The standard InChI is InChI=1S/C49H84N2O40S/c1-12-25(63)30(68)32(70)44(80-12)85-36(18(61)7-53)37(19(62)11-79-92(76,77)78)86-46-34(72)41(28(66)20(8-54)82-46)89-43-24(51-15(4)58)40(88-45-33(71)31(69)26(64)13(2)81-45)38(22(10-56)84-43)87-47-35(73)42(29(67)21(9-55)83-47)91-49(48(74)75)5-16(59)23(50-14(3)57)39(90-49)27(65)17(60)6-52/h12-13,16-47,52-56,59-73H,5-11H2,1-4H3,(H,50,57)(H,51,58)(H,74,75)(H,76,77,78)/t12-,13-,16-,17+,18-,19+,20+,21+,22+,23+,24+,25+,26+,27+,28-,29-,30+,31+,32-,33-,34+,35+,36+,37+,38+,39+,40+,41-,42-,43-,44-,45-,46-,47-,49-/m0/s1. The van der Waals surface area contributed by atoms with E-state index in [1.165, 1.54) is 13.8 Å². The molecule has 0 spiro atoms. The number of ether oxygens (including phenoxy) is 12. The normalized spacial score (nSPS) is 44.2. The Labute approximate surface area is 521 Å². The second kappa shape index (κ2) is 33.0. The first-order valence-electron chi connectivity index (χ1n) is 28.5. The Balaban J connectivity index is 1.40. The second-order valence-electron chi connectivity index (χ2n) is 22.7. The molecule has 6 aliphatic heterocycles. The number of carboxylic acid groups (broad SMARTS) is 1. The number of aliphatic hydroxyl groups is 20.